The van der Waals surface area contributed by atoms with Crippen molar-refractivity contribution in [2.24, 2.45) is 0 Å². The van der Waals surface area contributed by atoms with E-state index >= 15 is 0 Å². The number of benzene rings is 3. The van der Waals surface area contributed by atoms with Gasteiger partial charge in [-0.05, 0) is 35.9 Å². The van der Waals surface area contributed by atoms with E-state index in [9.17, 15) is 14.7 Å². The molecule has 0 bridgehead atoms. The zero-order chi connectivity index (χ0) is 21.4. The van der Waals surface area contributed by atoms with E-state index in [4.69, 9.17) is 4.42 Å². The van der Waals surface area contributed by atoms with E-state index in [1.165, 1.54) is 23.1 Å². The summed E-state index contributed by atoms with van der Waals surface area (Å²) in [5.74, 6) is -0.123. The van der Waals surface area contributed by atoms with Crippen LogP contribution in [0.5, 0.6) is 5.75 Å². The largest absolute Gasteiger partial charge is 0.507 e. The van der Waals surface area contributed by atoms with Crippen molar-refractivity contribution in [2.75, 3.05) is 0 Å². The van der Waals surface area contributed by atoms with E-state index in [-0.39, 0.29) is 11.3 Å². The summed E-state index contributed by atoms with van der Waals surface area (Å²) in [6.07, 6.45) is 0.756. The smallest absolute Gasteiger partial charge is 0.344 e. The van der Waals surface area contributed by atoms with Gasteiger partial charge < -0.3 is 9.52 Å². The first-order valence-electron chi connectivity index (χ1n) is 9.46. The number of fused-ring (bicyclic) bond motifs is 2. The van der Waals surface area contributed by atoms with Gasteiger partial charge >= 0.3 is 5.63 Å². The van der Waals surface area contributed by atoms with Crippen LogP contribution in [0.25, 0.3) is 21.2 Å². The molecule has 152 valence electrons. The normalized spacial score (nSPS) is 12.3. The Kier molecular flexibility index (Phi) is 5.05. The topological polar surface area (TPSA) is 80.4 Å². The lowest BCUT2D eigenvalue weighted by atomic mass is 10.0. The van der Waals surface area contributed by atoms with E-state index in [1.807, 2.05) is 30.3 Å². The number of nitrogens with zero attached hydrogens (tertiary/aromatic N) is 1. The van der Waals surface area contributed by atoms with Gasteiger partial charge in [-0.1, -0.05) is 54.2 Å². The van der Waals surface area contributed by atoms with Gasteiger partial charge in [0.2, 0.25) is 0 Å². The molecule has 3 aromatic carbocycles. The number of thioether (sulfide) groups is 1. The van der Waals surface area contributed by atoms with Gasteiger partial charge in [0.15, 0.2) is 4.34 Å². The number of carbonyl (C=O) groups is 1. The average molecular weight is 446 g/mol. The van der Waals surface area contributed by atoms with Gasteiger partial charge in [-0.2, -0.15) is 0 Å². The van der Waals surface area contributed by atoms with Crippen molar-refractivity contribution in [3.05, 3.63) is 99.9 Å². The molecule has 1 unspecified atom stereocenters. The van der Waals surface area contributed by atoms with Crippen molar-refractivity contribution in [2.45, 2.75) is 9.59 Å². The summed E-state index contributed by atoms with van der Waals surface area (Å²) in [5, 5.41) is 10.9. The number of hydrogen-bond donors (Lipinski definition) is 1. The fraction of sp³-hybridized carbons (Fsp3) is 0.0417. The molecule has 0 aliphatic carbocycles. The van der Waals surface area contributed by atoms with Crippen molar-refractivity contribution >= 4 is 50.6 Å². The van der Waals surface area contributed by atoms with Crippen molar-refractivity contribution in [1.82, 2.24) is 4.98 Å². The second kappa shape index (κ2) is 8.02. The van der Waals surface area contributed by atoms with Crippen LogP contribution in [0, 0.1) is 0 Å². The summed E-state index contributed by atoms with van der Waals surface area (Å²) in [6.45, 7) is 0. The number of aldehydes is 1. The lowest BCUT2D eigenvalue weighted by Gasteiger charge is -2.17. The second-order valence-corrected chi connectivity index (χ2v) is 9.26. The van der Waals surface area contributed by atoms with E-state index in [1.54, 1.807) is 42.5 Å². The molecular weight excluding hydrogens is 430 g/mol. The molecule has 1 atom stereocenters. The fourth-order valence-electron chi connectivity index (χ4n) is 3.47. The summed E-state index contributed by atoms with van der Waals surface area (Å²) in [5.41, 5.74) is 1.88. The molecule has 0 saturated carbocycles. The van der Waals surface area contributed by atoms with Gasteiger partial charge in [-0.25, -0.2) is 9.78 Å². The van der Waals surface area contributed by atoms with Crippen LogP contribution < -0.4 is 5.63 Å². The van der Waals surface area contributed by atoms with Gasteiger partial charge in [0.25, 0.3) is 0 Å². The highest BCUT2D eigenvalue weighted by atomic mass is 32.2. The Labute approximate surface area is 185 Å². The number of hydrogen-bond acceptors (Lipinski definition) is 7. The van der Waals surface area contributed by atoms with Crippen LogP contribution in [-0.2, 0) is 0 Å². The lowest BCUT2D eigenvalue weighted by molar-refractivity contribution is 0.112. The summed E-state index contributed by atoms with van der Waals surface area (Å²) < 4.78 is 7.29. The Morgan fingerprint density at radius 1 is 1.03 bits per heavy atom. The molecule has 2 aromatic heterocycles. The quantitative estimate of drug-likeness (QED) is 0.209. The molecular formula is C24H15NO4S2. The van der Waals surface area contributed by atoms with Gasteiger partial charge in [0.1, 0.15) is 17.6 Å². The number of carbonyl (C=O) groups excluding carboxylic acids is 1. The third kappa shape index (κ3) is 3.62. The van der Waals surface area contributed by atoms with Crippen LogP contribution >= 0.6 is 23.1 Å². The summed E-state index contributed by atoms with van der Waals surface area (Å²) in [4.78, 5) is 29.0. The fourth-order valence-corrected chi connectivity index (χ4v) is 5.88. The molecule has 0 spiro atoms. The third-order valence-corrected chi connectivity index (χ3v) is 7.33. The molecule has 7 heteroatoms. The monoisotopic (exact) mass is 445 g/mol. The van der Waals surface area contributed by atoms with Crippen molar-refractivity contribution in [3.8, 4) is 5.75 Å². The highest BCUT2D eigenvalue weighted by Crippen LogP contribution is 2.45. The average Bonchev–Trinajstić information content (AvgIpc) is 3.21. The Bertz CT molecular complexity index is 1460. The minimum atomic E-state index is -0.619. The maximum atomic E-state index is 13.0. The summed E-state index contributed by atoms with van der Waals surface area (Å²) >= 11 is 2.86. The SMILES string of the molecule is O=Cc1cccc(C(Sc2nc3ccccc3s2)c2c(O)c3ccccc3oc2=O)c1. The third-order valence-electron chi connectivity index (χ3n) is 4.92. The van der Waals surface area contributed by atoms with Crippen LogP contribution in [0.3, 0.4) is 0 Å². The zero-order valence-electron chi connectivity index (χ0n) is 16.0. The molecule has 0 amide bonds. The summed E-state index contributed by atoms with van der Waals surface area (Å²) in [7, 11) is 0. The number of rotatable bonds is 5. The Morgan fingerprint density at radius 3 is 2.68 bits per heavy atom. The molecule has 5 aromatic rings. The molecule has 5 rings (SSSR count). The maximum absolute atomic E-state index is 13.0. The van der Waals surface area contributed by atoms with Crippen LogP contribution in [0.4, 0.5) is 0 Å². The standard InChI is InChI=1S/C24H15NO4S2/c26-13-14-6-5-7-15(12-14)22(31-24-25-17-9-2-4-11-19(17)30-24)20-21(27)16-8-1-3-10-18(16)29-23(20)28/h1-13,22,27H. The van der Waals surface area contributed by atoms with E-state index in [0.717, 1.165) is 20.8 Å². The minimum absolute atomic E-state index is 0.123. The number of aromatic nitrogens is 1. The van der Waals surface area contributed by atoms with Crippen molar-refractivity contribution < 1.29 is 14.3 Å². The highest BCUT2D eigenvalue weighted by Gasteiger charge is 2.27. The number of thiazole rings is 1. The van der Waals surface area contributed by atoms with Gasteiger partial charge in [0.05, 0.1) is 26.4 Å². The van der Waals surface area contributed by atoms with Crippen LogP contribution in [0.2, 0.25) is 0 Å². The summed E-state index contributed by atoms with van der Waals surface area (Å²) in [6, 6.07) is 21.6. The van der Waals surface area contributed by atoms with Gasteiger partial charge in [0, 0.05) is 5.56 Å². The molecule has 0 fully saturated rings. The Morgan fingerprint density at radius 2 is 1.84 bits per heavy atom. The highest BCUT2D eigenvalue weighted by molar-refractivity contribution is 8.01. The first-order valence-corrected chi connectivity index (χ1v) is 11.2. The molecule has 0 radical (unpaired) electrons. The van der Waals surface area contributed by atoms with E-state index in [2.05, 4.69) is 4.98 Å². The van der Waals surface area contributed by atoms with E-state index < -0.39 is 10.9 Å². The van der Waals surface area contributed by atoms with Crippen molar-refractivity contribution in [3.63, 3.8) is 0 Å². The first-order chi connectivity index (χ1) is 15.1. The van der Waals surface area contributed by atoms with Crippen molar-refractivity contribution in [1.29, 1.82) is 0 Å². The zero-order valence-corrected chi connectivity index (χ0v) is 17.7. The van der Waals surface area contributed by atoms with Gasteiger partial charge in [-0.15, -0.1) is 11.3 Å². The predicted octanol–water partition coefficient (Wildman–Crippen LogP) is 5.80. The number of aromatic hydroxyl groups is 1. The minimum Gasteiger partial charge on any atom is -0.507 e. The van der Waals surface area contributed by atoms with Crippen LogP contribution in [0.15, 0.2) is 86.3 Å². The van der Waals surface area contributed by atoms with E-state index in [0.29, 0.717) is 22.1 Å². The second-order valence-electron chi connectivity index (χ2n) is 6.88. The van der Waals surface area contributed by atoms with Gasteiger partial charge in [-0.3, -0.25) is 4.79 Å². The molecule has 31 heavy (non-hydrogen) atoms. The maximum Gasteiger partial charge on any atom is 0.344 e. The Balaban J connectivity index is 1.71. The number of para-hydroxylation sites is 2. The molecule has 0 aliphatic rings. The van der Waals surface area contributed by atoms with Crippen LogP contribution in [0.1, 0.15) is 26.7 Å². The van der Waals surface area contributed by atoms with Crippen LogP contribution in [-0.4, -0.2) is 16.4 Å². The molecule has 1 N–H and O–H groups in total. The molecule has 2 heterocycles. The molecule has 5 nitrogen and oxygen atoms in total. The molecule has 0 saturated heterocycles. The predicted molar refractivity (Wildman–Crippen MR) is 123 cm³/mol. The first kappa shape index (κ1) is 19.5. The lowest BCUT2D eigenvalue weighted by Crippen LogP contribution is -2.12. The Hall–Kier alpha value is -3.42. The molecule has 0 aliphatic heterocycles.